The fraction of sp³-hybridized carbons (Fsp3) is 0.125. The topological polar surface area (TPSA) is 92.9 Å². The van der Waals surface area contributed by atoms with Gasteiger partial charge in [0, 0.05) is 12.1 Å². The molecule has 0 unspecified atom stereocenters. The molecular weight excluding hydrogens is 365 g/mol. The minimum atomic E-state index is -0.431. The molecule has 0 fully saturated rings. The van der Waals surface area contributed by atoms with Gasteiger partial charge in [0.25, 0.3) is 5.91 Å². The monoisotopic (exact) mass is 377 g/mol. The van der Waals surface area contributed by atoms with Crippen LogP contribution in [-0.4, -0.2) is 21.0 Å². The molecule has 0 radical (unpaired) electrons. The quantitative estimate of drug-likeness (QED) is 0.700. The van der Waals surface area contributed by atoms with Gasteiger partial charge in [0.1, 0.15) is 23.1 Å². The average molecular weight is 378 g/mol. The number of nitrogens with one attached hydrogen (secondary N) is 2. The van der Waals surface area contributed by atoms with Crippen molar-refractivity contribution in [3.8, 4) is 0 Å². The minimum absolute atomic E-state index is 0.175. The molecule has 2 heterocycles. The van der Waals surface area contributed by atoms with Gasteiger partial charge in [0.2, 0.25) is 0 Å². The Kier molecular flexibility index (Phi) is 4.87. The number of nitrogens with zero attached hydrogens (tertiary/aromatic N) is 3. The molecule has 2 aromatic heterocycles. The molecule has 0 atom stereocenters. The van der Waals surface area contributed by atoms with Gasteiger partial charge < -0.3 is 15.2 Å². The summed E-state index contributed by atoms with van der Waals surface area (Å²) < 4.78 is 4.92. The summed E-state index contributed by atoms with van der Waals surface area (Å²) in [7, 11) is 0. The number of aromatic nitrogens is 3. The molecule has 9 heteroatoms. The van der Waals surface area contributed by atoms with Crippen LogP contribution in [0.5, 0.6) is 0 Å². The van der Waals surface area contributed by atoms with Crippen LogP contribution in [0.25, 0.3) is 0 Å². The van der Waals surface area contributed by atoms with Crippen LogP contribution in [0.15, 0.2) is 34.9 Å². The van der Waals surface area contributed by atoms with E-state index >= 15 is 0 Å². The lowest BCUT2D eigenvalue weighted by Gasteiger charge is -2.10. The number of carbonyl (C=O) groups is 1. The van der Waals surface area contributed by atoms with Gasteiger partial charge in [-0.05, 0) is 26.0 Å². The van der Waals surface area contributed by atoms with E-state index in [9.17, 15) is 4.79 Å². The maximum absolute atomic E-state index is 12.3. The first-order chi connectivity index (χ1) is 11.9. The Balaban J connectivity index is 1.85. The fourth-order valence-corrected chi connectivity index (χ4v) is 2.44. The summed E-state index contributed by atoms with van der Waals surface area (Å²) in [6.45, 7) is 3.41. The van der Waals surface area contributed by atoms with E-state index in [1.165, 1.54) is 6.07 Å². The standard InChI is InChI=1S/C16H13Cl2N5O2/c1-8-6-14(23-25-8)22-16(24)12-7-13(20-9(2)19-12)21-11-5-3-4-10(17)15(11)18/h3-7H,1-2H3,(H,19,20,21)(H,22,23,24). The third kappa shape index (κ3) is 4.07. The van der Waals surface area contributed by atoms with E-state index in [0.29, 0.717) is 39.0 Å². The normalized spacial score (nSPS) is 10.6. The van der Waals surface area contributed by atoms with Gasteiger partial charge in [-0.3, -0.25) is 4.79 Å². The third-order valence-corrected chi connectivity index (χ3v) is 3.97. The van der Waals surface area contributed by atoms with Crippen molar-refractivity contribution in [1.29, 1.82) is 0 Å². The summed E-state index contributed by atoms with van der Waals surface area (Å²) in [4.78, 5) is 20.7. The lowest BCUT2D eigenvalue weighted by Crippen LogP contribution is -2.15. The van der Waals surface area contributed by atoms with Crippen LogP contribution >= 0.6 is 23.2 Å². The van der Waals surface area contributed by atoms with E-state index in [1.807, 2.05) is 0 Å². The third-order valence-electron chi connectivity index (χ3n) is 3.15. The molecule has 25 heavy (non-hydrogen) atoms. The molecule has 3 aromatic rings. The van der Waals surface area contributed by atoms with Gasteiger partial charge in [0.15, 0.2) is 5.82 Å². The van der Waals surface area contributed by atoms with E-state index in [-0.39, 0.29) is 5.69 Å². The predicted octanol–water partition coefficient (Wildman–Crippen LogP) is 4.38. The smallest absolute Gasteiger partial charge is 0.275 e. The molecule has 0 spiro atoms. The van der Waals surface area contributed by atoms with Gasteiger partial charge in [-0.15, -0.1) is 0 Å². The highest BCUT2D eigenvalue weighted by atomic mass is 35.5. The summed E-state index contributed by atoms with van der Waals surface area (Å²) in [5, 5.41) is 10.1. The number of rotatable bonds is 4. The average Bonchev–Trinajstić information content (AvgIpc) is 2.96. The summed E-state index contributed by atoms with van der Waals surface area (Å²) in [5.74, 6) is 1.31. The van der Waals surface area contributed by atoms with E-state index in [0.717, 1.165) is 0 Å². The number of halogens is 2. The van der Waals surface area contributed by atoms with E-state index in [4.69, 9.17) is 27.7 Å². The Morgan fingerprint density at radius 3 is 2.64 bits per heavy atom. The largest absolute Gasteiger partial charge is 0.360 e. The second-order valence-electron chi connectivity index (χ2n) is 5.19. The van der Waals surface area contributed by atoms with Crippen LogP contribution in [0.3, 0.4) is 0 Å². The van der Waals surface area contributed by atoms with E-state index < -0.39 is 5.91 Å². The number of anilines is 3. The molecule has 1 amide bonds. The molecule has 128 valence electrons. The lowest BCUT2D eigenvalue weighted by molar-refractivity contribution is 0.102. The zero-order chi connectivity index (χ0) is 18.0. The Bertz CT molecular complexity index is 942. The number of hydrogen-bond acceptors (Lipinski definition) is 6. The summed E-state index contributed by atoms with van der Waals surface area (Å²) in [5.41, 5.74) is 0.750. The molecule has 0 bridgehead atoms. The SMILES string of the molecule is Cc1nc(Nc2cccc(Cl)c2Cl)cc(C(=O)Nc2cc(C)on2)n1. The fourth-order valence-electron chi connectivity index (χ4n) is 2.09. The highest BCUT2D eigenvalue weighted by Crippen LogP contribution is 2.31. The molecule has 0 saturated carbocycles. The highest BCUT2D eigenvalue weighted by molar-refractivity contribution is 6.43. The maximum atomic E-state index is 12.3. The molecule has 0 aliphatic carbocycles. The van der Waals surface area contributed by atoms with Crippen molar-refractivity contribution < 1.29 is 9.32 Å². The van der Waals surface area contributed by atoms with Crippen LogP contribution in [-0.2, 0) is 0 Å². The minimum Gasteiger partial charge on any atom is -0.360 e. The highest BCUT2D eigenvalue weighted by Gasteiger charge is 2.14. The first kappa shape index (κ1) is 17.2. The van der Waals surface area contributed by atoms with Crippen molar-refractivity contribution in [2.24, 2.45) is 0 Å². The Hall–Kier alpha value is -2.64. The Morgan fingerprint density at radius 2 is 1.92 bits per heavy atom. The van der Waals surface area contributed by atoms with Crippen LogP contribution in [0, 0.1) is 13.8 Å². The van der Waals surface area contributed by atoms with Gasteiger partial charge in [-0.25, -0.2) is 9.97 Å². The summed E-state index contributed by atoms with van der Waals surface area (Å²) in [6.07, 6.45) is 0. The van der Waals surface area contributed by atoms with Gasteiger partial charge >= 0.3 is 0 Å². The molecule has 3 rings (SSSR count). The number of hydrogen-bond donors (Lipinski definition) is 2. The van der Waals surface area contributed by atoms with E-state index in [1.54, 1.807) is 38.1 Å². The first-order valence-electron chi connectivity index (χ1n) is 7.24. The van der Waals surface area contributed by atoms with Crippen molar-refractivity contribution in [1.82, 2.24) is 15.1 Å². The molecule has 2 N–H and O–H groups in total. The van der Waals surface area contributed by atoms with Crippen molar-refractivity contribution in [3.05, 3.63) is 57.7 Å². The van der Waals surface area contributed by atoms with Crippen molar-refractivity contribution in [2.45, 2.75) is 13.8 Å². The van der Waals surface area contributed by atoms with Crippen molar-refractivity contribution in [2.75, 3.05) is 10.6 Å². The molecule has 0 aliphatic heterocycles. The van der Waals surface area contributed by atoms with Gasteiger partial charge in [-0.1, -0.05) is 34.4 Å². The van der Waals surface area contributed by atoms with Crippen LogP contribution in [0.4, 0.5) is 17.3 Å². The first-order valence-corrected chi connectivity index (χ1v) is 7.99. The molecular formula is C16H13Cl2N5O2. The van der Waals surface area contributed by atoms with Crippen LogP contribution < -0.4 is 10.6 Å². The van der Waals surface area contributed by atoms with Gasteiger partial charge in [0.05, 0.1) is 15.7 Å². The number of aryl methyl sites for hydroxylation is 2. The second kappa shape index (κ2) is 7.08. The maximum Gasteiger partial charge on any atom is 0.275 e. The number of amides is 1. The van der Waals surface area contributed by atoms with E-state index in [2.05, 4.69) is 25.8 Å². The molecule has 1 aromatic carbocycles. The summed E-state index contributed by atoms with van der Waals surface area (Å²) >= 11 is 12.2. The molecule has 0 saturated heterocycles. The predicted molar refractivity (Wildman–Crippen MR) is 95.7 cm³/mol. The van der Waals surface area contributed by atoms with Crippen LogP contribution in [0.2, 0.25) is 10.0 Å². The van der Waals surface area contributed by atoms with Crippen LogP contribution in [0.1, 0.15) is 22.1 Å². The molecule has 0 aliphatic rings. The zero-order valence-electron chi connectivity index (χ0n) is 13.3. The number of benzene rings is 1. The second-order valence-corrected chi connectivity index (χ2v) is 5.97. The summed E-state index contributed by atoms with van der Waals surface area (Å²) in [6, 6.07) is 8.30. The van der Waals surface area contributed by atoms with Gasteiger partial charge in [-0.2, -0.15) is 0 Å². The number of carbonyl (C=O) groups excluding carboxylic acids is 1. The molecule has 7 nitrogen and oxygen atoms in total. The lowest BCUT2D eigenvalue weighted by atomic mass is 10.3. The Morgan fingerprint density at radius 1 is 1.12 bits per heavy atom. The van der Waals surface area contributed by atoms with Crippen molar-refractivity contribution in [3.63, 3.8) is 0 Å². The Labute approximate surface area is 153 Å². The van der Waals surface area contributed by atoms with Crippen molar-refractivity contribution >= 4 is 46.4 Å². The zero-order valence-corrected chi connectivity index (χ0v) is 14.8.